The first kappa shape index (κ1) is 30.7. The van der Waals surface area contributed by atoms with Crippen molar-refractivity contribution in [2.24, 2.45) is 5.92 Å². The van der Waals surface area contributed by atoms with Crippen LogP contribution in [-0.4, -0.2) is 65.2 Å². The molecule has 0 radical (unpaired) electrons. The number of carbonyl (C=O) groups is 4. The van der Waals surface area contributed by atoms with Crippen molar-refractivity contribution in [1.82, 2.24) is 15.5 Å². The van der Waals surface area contributed by atoms with Crippen LogP contribution in [0.5, 0.6) is 5.75 Å². The SMILES string of the molecule is COC(=O)CNC(=O)C(c1ccccc1O)N(C(=O)C(C)NC(=O)OC(C)(C)C)C(C)CCC(C)C. The van der Waals surface area contributed by atoms with Gasteiger partial charge in [-0.25, -0.2) is 4.79 Å². The minimum atomic E-state index is -1.27. The van der Waals surface area contributed by atoms with Crippen molar-refractivity contribution >= 4 is 23.9 Å². The highest BCUT2D eigenvalue weighted by Gasteiger charge is 2.38. The highest BCUT2D eigenvalue weighted by atomic mass is 16.6. The van der Waals surface area contributed by atoms with E-state index in [0.29, 0.717) is 12.3 Å². The van der Waals surface area contributed by atoms with Crippen LogP contribution in [0.3, 0.4) is 0 Å². The molecule has 1 aromatic rings. The number of alkyl carbamates (subject to hydrolysis) is 1. The van der Waals surface area contributed by atoms with Gasteiger partial charge in [-0.3, -0.25) is 14.4 Å². The van der Waals surface area contributed by atoms with Crippen LogP contribution in [0.1, 0.15) is 72.9 Å². The molecule has 1 rings (SSSR count). The maximum atomic E-state index is 13.8. The summed E-state index contributed by atoms with van der Waals surface area (Å²) >= 11 is 0. The molecule has 3 atom stereocenters. The fourth-order valence-corrected chi connectivity index (χ4v) is 3.55. The Hall–Kier alpha value is -3.30. The summed E-state index contributed by atoms with van der Waals surface area (Å²) in [6.07, 6.45) is 0.569. The van der Waals surface area contributed by atoms with Gasteiger partial charge in [0, 0.05) is 11.6 Å². The second-order valence-electron chi connectivity index (χ2n) is 10.2. The summed E-state index contributed by atoms with van der Waals surface area (Å²) in [4.78, 5) is 52.5. The lowest BCUT2D eigenvalue weighted by molar-refractivity contribution is -0.146. The number of amides is 3. The second kappa shape index (κ2) is 13.7. The number of nitrogens with one attached hydrogen (secondary N) is 2. The zero-order valence-electron chi connectivity index (χ0n) is 22.6. The van der Waals surface area contributed by atoms with Gasteiger partial charge in [0.1, 0.15) is 30.0 Å². The van der Waals surface area contributed by atoms with Crippen molar-refractivity contribution in [3.63, 3.8) is 0 Å². The van der Waals surface area contributed by atoms with Crippen molar-refractivity contribution in [1.29, 1.82) is 0 Å². The monoisotopic (exact) mass is 507 g/mol. The van der Waals surface area contributed by atoms with Gasteiger partial charge < -0.3 is 30.1 Å². The largest absolute Gasteiger partial charge is 0.508 e. The van der Waals surface area contributed by atoms with E-state index in [2.05, 4.69) is 29.2 Å². The third kappa shape index (κ3) is 9.75. The molecule has 0 spiro atoms. The van der Waals surface area contributed by atoms with E-state index in [1.807, 2.05) is 0 Å². The average molecular weight is 508 g/mol. The van der Waals surface area contributed by atoms with Gasteiger partial charge in [0.05, 0.1) is 7.11 Å². The molecule has 3 unspecified atom stereocenters. The van der Waals surface area contributed by atoms with Crippen LogP contribution < -0.4 is 10.6 Å². The molecule has 0 bridgehead atoms. The summed E-state index contributed by atoms with van der Waals surface area (Å²) in [5, 5.41) is 15.6. The van der Waals surface area contributed by atoms with Gasteiger partial charge in [-0.2, -0.15) is 0 Å². The zero-order valence-corrected chi connectivity index (χ0v) is 22.6. The Morgan fingerprint density at radius 3 is 2.17 bits per heavy atom. The van der Waals surface area contributed by atoms with E-state index in [1.54, 1.807) is 45.9 Å². The molecule has 0 fully saturated rings. The van der Waals surface area contributed by atoms with Crippen LogP contribution in [0.25, 0.3) is 0 Å². The Morgan fingerprint density at radius 2 is 1.64 bits per heavy atom. The Labute approximate surface area is 213 Å². The normalized spacial score (nSPS) is 13.8. The topological polar surface area (TPSA) is 134 Å². The molecule has 202 valence electrons. The summed E-state index contributed by atoms with van der Waals surface area (Å²) < 4.78 is 9.88. The number of phenols is 1. The lowest BCUT2D eigenvalue weighted by Crippen LogP contribution is -2.55. The molecule has 10 nitrogen and oxygen atoms in total. The number of aromatic hydroxyl groups is 1. The van der Waals surface area contributed by atoms with Crippen LogP contribution in [-0.2, 0) is 23.9 Å². The van der Waals surface area contributed by atoms with E-state index < -0.39 is 54.1 Å². The number of benzene rings is 1. The van der Waals surface area contributed by atoms with E-state index >= 15 is 0 Å². The standard InChI is InChI=1S/C26H41N3O7/c1-16(2)13-14-17(3)29(24(33)18(4)28-25(34)36-26(5,6)7)22(19-11-9-10-12-20(19)30)23(32)27-15-21(31)35-8/h9-12,16-18,22,30H,13-15H2,1-8H3,(H,27,32)(H,28,34). The Bertz CT molecular complexity index is 911. The summed E-state index contributed by atoms with van der Waals surface area (Å²) in [6.45, 7) is 12.1. The molecule has 0 aliphatic carbocycles. The summed E-state index contributed by atoms with van der Waals surface area (Å²) in [5.41, 5.74) is -0.572. The number of methoxy groups -OCH3 is 1. The minimum Gasteiger partial charge on any atom is -0.508 e. The maximum absolute atomic E-state index is 13.8. The molecular weight excluding hydrogens is 466 g/mol. The van der Waals surface area contributed by atoms with Gasteiger partial charge in [-0.1, -0.05) is 32.0 Å². The predicted octanol–water partition coefficient (Wildman–Crippen LogP) is 3.29. The van der Waals surface area contributed by atoms with E-state index in [9.17, 15) is 24.3 Å². The molecule has 0 saturated carbocycles. The molecule has 0 heterocycles. The molecule has 36 heavy (non-hydrogen) atoms. The number of ether oxygens (including phenoxy) is 2. The highest BCUT2D eigenvalue weighted by Crippen LogP contribution is 2.32. The third-order valence-corrected chi connectivity index (χ3v) is 5.39. The van der Waals surface area contributed by atoms with Gasteiger partial charge >= 0.3 is 12.1 Å². The fraction of sp³-hybridized carbons (Fsp3) is 0.615. The number of carbonyl (C=O) groups excluding carboxylic acids is 4. The summed E-state index contributed by atoms with van der Waals surface area (Å²) in [7, 11) is 1.20. The van der Waals surface area contributed by atoms with Crippen molar-refractivity contribution < 1.29 is 33.8 Å². The number of esters is 1. The van der Waals surface area contributed by atoms with Gasteiger partial charge in [0.2, 0.25) is 11.8 Å². The highest BCUT2D eigenvalue weighted by molar-refractivity contribution is 5.93. The van der Waals surface area contributed by atoms with Crippen LogP contribution >= 0.6 is 0 Å². The van der Waals surface area contributed by atoms with Crippen LogP contribution in [0.2, 0.25) is 0 Å². The quantitative estimate of drug-likeness (QED) is 0.391. The van der Waals surface area contributed by atoms with Gasteiger partial charge in [0.25, 0.3) is 0 Å². The van der Waals surface area contributed by atoms with Crippen LogP contribution in [0.15, 0.2) is 24.3 Å². The minimum absolute atomic E-state index is 0.183. The van der Waals surface area contributed by atoms with E-state index in [0.717, 1.165) is 6.42 Å². The zero-order chi connectivity index (χ0) is 27.6. The number of para-hydroxylation sites is 1. The second-order valence-corrected chi connectivity index (χ2v) is 10.2. The Kier molecular flexibility index (Phi) is 11.7. The maximum Gasteiger partial charge on any atom is 0.408 e. The van der Waals surface area contributed by atoms with Crippen molar-refractivity contribution in [2.75, 3.05) is 13.7 Å². The van der Waals surface area contributed by atoms with Crippen molar-refractivity contribution in [3.8, 4) is 5.75 Å². The lowest BCUT2D eigenvalue weighted by Gasteiger charge is -2.38. The molecule has 0 aromatic heterocycles. The molecule has 0 aliphatic heterocycles. The molecule has 3 N–H and O–H groups in total. The van der Waals surface area contributed by atoms with Crippen LogP contribution in [0, 0.1) is 5.92 Å². The molecule has 10 heteroatoms. The number of hydrogen-bond donors (Lipinski definition) is 3. The number of hydrogen-bond acceptors (Lipinski definition) is 7. The third-order valence-electron chi connectivity index (χ3n) is 5.39. The molecular formula is C26H41N3O7. The summed E-state index contributed by atoms with van der Waals surface area (Å²) in [6, 6.07) is 3.44. The fourth-order valence-electron chi connectivity index (χ4n) is 3.55. The van der Waals surface area contributed by atoms with Gasteiger partial charge in [-0.15, -0.1) is 0 Å². The first-order valence-electron chi connectivity index (χ1n) is 12.1. The molecule has 3 amide bonds. The first-order chi connectivity index (χ1) is 16.7. The van der Waals surface area contributed by atoms with Gasteiger partial charge in [0.15, 0.2) is 0 Å². The van der Waals surface area contributed by atoms with Gasteiger partial charge in [-0.05, 0) is 59.4 Å². The predicted molar refractivity (Wildman–Crippen MR) is 135 cm³/mol. The molecule has 0 aliphatic rings. The Morgan fingerprint density at radius 1 is 1.03 bits per heavy atom. The number of rotatable bonds is 11. The van der Waals surface area contributed by atoms with E-state index in [1.165, 1.54) is 25.0 Å². The number of phenolic OH excluding ortho intramolecular Hbond substituents is 1. The average Bonchev–Trinajstić information content (AvgIpc) is 2.77. The van der Waals surface area contributed by atoms with Crippen molar-refractivity contribution in [3.05, 3.63) is 29.8 Å². The molecule has 1 aromatic carbocycles. The Balaban J connectivity index is 3.45. The summed E-state index contributed by atoms with van der Waals surface area (Å²) in [5.74, 6) is -1.71. The number of nitrogens with zero attached hydrogens (tertiary/aromatic N) is 1. The van der Waals surface area contributed by atoms with E-state index in [4.69, 9.17) is 4.74 Å². The van der Waals surface area contributed by atoms with Crippen molar-refractivity contribution in [2.45, 2.75) is 85.0 Å². The lowest BCUT2D eigenvalue weighted by atomic mass is 9.97. The smallest absolute Gasteiger partial charge is 0.408 e. The van der Waals surface area contributed by atoms with E-state index in [-0.39, 0.29) is 11.3 Å². The molecule has 0 saturated heterocycles. The first-order valence-corrected chi connectivity index (χ1v) is 12.1. The van der Waals surface area contributed by atoms with Crippen LogP contribution in [0.4, 0.5) is 4.79 Å².